The van der Waals surface area contributed by atoms with Crippen LogP contribution in [0.25, 0.3) is 11.3 Å². The summed E-state index contributed by atoms with van der Waals surface area (Å²) >= 11 is 1.61. The second-order valence-electron chi connectivity index (χ2n) is 6.14. The van der Waals surface area contributed by atoms with E-state index in [4.69, 9.17) is 0 Å². The van der Waals surface area contributed by atoms with E-state index in [2.05, 4.69) is 15.6 Å². The Balaban J connectivity index is 1.42. The first-order valence-electron chi connectivity index (χ1n) is 8.73. The van der Waals surface area contributed by atoms with Crippen LogP contribution in [-0.4, -0.2) is 23.3 Å². The molecule has 0 aliphatic heterocycles. The molecule has 0 bridgehead atoms. The number of amides is 2. The van der Waals surface area contributed by atoms with E-state index in [0.717, 1.165) is 27.5 Å². The number of nitrogens with one attached hydrogen (secondary N) is 2. The highest BCUT2D eigenvalue weighted by Gasteiger charge is 2.07. The van der Waals surface area contributed by atoms with Gasteiger partial charge in [-0.05, 0) is 24.6 Å². The van der Waals surface area contributed by atoms with Crippen molar-refractivity contribution >= 4 is 28.8 Å². The molecule has 3 rings (SSSR count). The van der Waals surface area contributed by atoms with Crippen molar-refractivity contribution in [1.82, 2.24) is 10.3 Å². The lowest BCUT2D eigenvalue weighted by molar-refractivity contribution is -0.120. The molecule has 0 saturated heterocycles. The monoisotopic (exact) mass is 379 g/mol. The molecule has 0 fully saturated rings. The van der Waals surface area contributed by atoms with Gasteiger partial charge in [0.25, 0.3) is 0 Å². The van der Waals surface area contributed by atoms with E-state index in [9.17, 15) is 9.59 Å². The fraction of sp³-hybridized carbons (Fsp3) is 0.190. The number of rotatable bonds is 7. The Morgan fingerprint density at radius 3 is 2.41 bits per heavy atom. The SMILES string of the molecule is Cc1nc(-c2ccc(NC(=O)CCNC(=O)Cc3ccccc3)cc2)cs1. The smallest absolute Gasteiger partial charge is 0.226 e. The highest BCUT2D eigenvalue weighted by molar-refractivity contribution is 7.09. The summed E-state index contributed by atoms with van der Waals surface area (Å²) in [4.78, 5) is 28.4. The number of aryl methyl sites for hydroxylation is 1. The third kappa shape index (κ3) is 5.76. The number of hydrogen-bond acceptors (Lipinski definition) is 4. The summed E-state index contributed by atoms with van der Waals surface area (Å²) in [5, 5.41) is 8.65. The summed E-state index contributed by atoms with van der Waals surface area (Å²) in [6.45, 7) is 2.29. The lowest BCUT2D eigenvalue weighted by Crippen LogP contribution is -2.28. The number of benzene rings is 2. The van der Waals surface area contributed by atoms with Crippen LogP contribution in [0.1, 0.15) is 17.0 Å². The average Bonchev–Trinajstić information content (AvgIpc) is 3.09. The summed E-state index contributed by atoms with van der Waals surface area (Å²) in [5.74, 6) is -0.218. The topological polar surface area (TPSA) is 71.1 Å². The molecule has 5 nitrogen and oxygen atoms in total. The maximum Gasteiger partial charge on any atom is 0.226 e. The van der Waals surface area contributed by atoms with Crippen molar-refractivity contribution < 1.29 is 9.59 Å². The number of anilines is 1. The first kappa shape index (κ1) is 18.8. The normalized spacial score (nSPS) is 10.4. The zero-order valence-corrected chi connectivity index (χ0v) is 15.9. The molecule has 0 aliphatic carbocycles. The number of carbonyl (C=O) groups is 2. The molecule has 1 heterocycles. The molecule has 2 amide bonds. The predicted octanol–water partition coefficient (Wildman–Crippen LogP) is 3.81. The van der Waals surface area contributed by atoms with Crippen molar-refractivity contribution in [3.63, 3.8) is 0 Å². The van der Waals surface area contributed by atoms with E-state index < -0.39 is 0 Å². The molecular weight excluding hydrogens is 358 g/mol. The van der Waals surface area contributed by atoms with Crippen molar-refractivity contribution in [3.05, 3.63) is 70.5 Å². The van der Waals surface area contributed by atoms with Gasteiger partial charge in [-0.3, -0.25) is 9.59 Å². The Bertz CT molecular complexity index is 905. The van der Waals surface area contributed by atoms with Crippen molar-refractivity contribution in [3.8, 4) is 11.3 Å². The van der Waals surface area contributed by atoms with E-state index in [1.165, 1.54) is 0 Å². The summed E-state index contributed by atoms with van der Waals surface area (Å²) in [5.41, 5.74) is 3.64. The van der Waals surface area contributed by atoms with Crippen LogP contribution in [0.5, 0.6) is 0 Å². The summed E-state index contributed by atoms with van der Waals surface area (Å²) in [6.07, 6.45) is 0.549. The van der Waals surface area contributed by atoms with Crippen LogP contribution in [0.3, 0.4) is 0 Å². The molecule has 0 unspecified atom stereocenters. The molecule has 27 heavy (non-hydrogen) atoms. The Hall–Kier alpha value is -2.99. The second-order valence-corrected chi connectivity index (χ2v) is 7.20. The summed E-state index contributed by atoms with van der Waals surface area (Å²) in [6, 6.07) is 17.1. The van der Waals surface area contributed by atoms with Gasteiger partial charge in [0.2, 0.25) is 11.8 Å². The van der Waals surface area contributed by atoms with Gasteiger partial charge >= 0.3 is 0 Å². The third-order valence-electron chi connectivity index (χ3n) is 3.97. The standard InChI is InChI=1S/C21H21N3O2S/c1-15-23-19(14-27-15)17-7-9-18(10-8-17)24-20(25)11-12-22-21(26)13-16-5-3-2-4-6-16/h2-10,14H,11-13H2,1H3,(H,22,26)(H,24,25). The molecule has 138 valence electrons. The molecular formula is C21H21N3O2S. The van der Waals surface area contributed by atoms with E-state index in [1.807, 2.05) is 66.9 Å². The number of hydrogen-bond donors (Lipinski definition) is 2. The number of thiazole rings is 1. The van der Waals surface area contributed by atoms with Crippen molar-refractivity contribution in [1.29, 1.82) is 0 Å². The molecule has 0 spiro atoms. The van der Waals surface area contributed by atoms with E-state index in [0.29, 0.717) is 13.0 Å². The Morgan fingerprint density at radius 1 is 1.00 bits per heavy atom. The van der Waals surface area contributed by atoms with E-state index in [1.54, 1.807) is 11.3 Å². The van der Waals surface area contributed by atoms with E-state index >= 15 is 0 Å². The Labute approximate surface area is 162 Å². The Kier molecular flexibility index (Phi) is 6.33. The lowest BCUT2D eigenvalue weighted by atomic mass is 10.1. The zero-order valence-electron chi connectivity index (χ0n) is 15.1. The predicted molar refractivity (Wildman–Crippen MR) is 109 cm³/mol. The van der Waals surface area contributed by atoms with Crippen LogP contribution in [0.15, 0.2) is 60.0 Å². The molecule has 0 radical (unpaired) electrons. The van der Waals surface area contributed by atoms with Crippen LogP contribution >= 0.6 is 11.3 Å². The van der Waals surface area contributed by atoms with Crippen LogP contribution in [0.2, 0.25) is 0 Å². The summed E-state index contributed by atoms with van der Waals surface area (Å²) in [7, 11) is 0. The molecule has 6 heteroatoms. The zero-order chi connectivity index (χ0) is 19.1. The quantitative estimate of drug-likeness (QED) is 0.656. The first-order valence-corrected chi connectivity index (χ1v) is 9.61. The van der Waals surface area contributed by atoms with Crippen molar-refractivity contribution in [2.24, 2.45) is 0 Å². The van der Waals surface area contributed by atoms with E-state index in [-0.39, 0.29) is 18.2 Å². The fourth-order valence-electron chi connectivity index (χ4n) is 2.60. The molecule has 3 aromatic rings. The molecule has 2 aromatic carbocycles. The van der Waals surface area contributed by atoms with Gasteiger partial charge in [0.15, 0.2) is 0 Å². The van der Waals surface area contributed by atoms with Gasteiger partial charge in [-0.1, -0.05) is 42.5 Å². The van der Waals surface area contributed by atoms with Gasteiger partial charge in [-0.2, -0.15) is 0 Å². The first-order chi connectivity index (χ1) is 13.1. The molecule has 0 saturated carbocycles. The van der Waals surface area contributed by atoms with Gasteiger partial charge in [0, 0.05) is 29.6 Å². The van der Waals surface area contributed by atoms with Gasteiger partial charge in [0.1, 0.15) is 0 Å². The summed E-state index contributed by atoms with van der Waals surface area (Å²) < 4.78 is 0. The van der Waals surface area contributed by atoms with Crippen LogP contribution < -0.4 is 10.6 Å². The van der Waals surface area contributed by atoms with Gasteiger partial charge in [0.05, 0.1) is 17.1 Å². The fourth-order valence-corrected chi connectivity index (χ4v) is 3.23. The molecule has 1 aromatic heterocycles. The second kappa shape index (κ2) is 9.09. The number of aromatic nitrogens is 1. The molecule has 0 aliphatic rings. The van der Waals surface area contributed by atoms with Gasteiger partial charge in [-0.25, -0.2) is 4.98 Å². The maximum absolute atomic E-state index is 12.0. The van der Waals surface area contributed by atoms with Gasteiger partial charge in [-0.15, -0.1) is 11.3 Å². The molecule has 0 atom stereocenters. The number of nitrogens with zero attached hydrogens (tertiary/aromatic N) is 1. The van der Waals surface area contributed by atoms with Gasteiger partial charge < -0.3 is 10.6 Å². The van der Waals surface area contributed by atoms with Crippen LogP contribution in [0, 0.1) is 6.92 Å². The maximum atomic E-state index is 12.0. The Morgan fingerprint density at radius 2 is 1.74 bits per heavy atom. The van der Waals surface area contributed by atoms with Crippen molar-refractivity contribution in [2.45, 2.75) is 19.8 Å². The average molecular weight is 379 g/mol. The minimum absolute atomic E-state index is 0.0862. The highest BCUT2D eigenvalue weighted by Crippen LogP contribution is 2.23. The largest absolute Gasteiger partial charge is 0.355 e. The van der Waals surface area contributed by atoms with Crippen LogP contribution in [-0.2, 0) is 16.0 Å². The number of carbonyl (C=O) groups excluding carboxylic acids is 2. The minimum atomic E-state index is -0.132. The molecule has 2 N–H and O–H groups in total. The lowest BCUT2D eigenvalue weighted by Gasteiger charge is -2.07. The van der Waals surface area contributed by atoms with Crippen LogP contribution in [0.4, 0.5) is 5.69 Å². The van der Waals surface area contributed by atoms with Crippen molar-refractivity contribution in [2.75, 3.05) is 11.9 Å². The highest BCUT2D eigenvalue weighted by atomic mass is 32.1. The third-order valence-corrected chi connectivity index (χ3v) is 4.74. The minimum Gasteiger partial charge on any atom is -0.355 e.